The van der Waals surface area contributed by atoms with Gasteiger partial charge in [-0.3, -0.25) is 4.40 Å². The van der Waals surface area contributed by atoms with Crippen molar-refractivity contribution in [3.63, 3.8) is 0 Å². The second-order valence-corrected chi connectivity index (χ2v) is 6.94. The zero-order valence-corrected chi connectivity index (χ0v) is 12.8. The highest BCUT2D eigenvalue weighted by atomic mass is 32.1. The van der Waals surface area contributed by atoms with Crippen molar-refractivity contribution in [2.45, 2.75) is 32.1 Å². The number of thiazole rings is 1. The van der Waals surface area contributed by atoms with Crippen molar-refractivity contribution in [3.05, 3.63) is 40.0 Å². The van der Waals surface area contributed by atoms with Crippen molar-refractivity contribution >= 4 is 16.3 Å². The van der Waals surface area contributed by atoms with Crippen molar-refractivity contribution in [3.8, 4) is 17.0 Å². The summed E-state index contributed by atoms with van der Waals surface area (Å²) in [5.41, 5.74) is 6.76. The van der Waals surface area contributed by atoms with E-state index in [9.17, 15) is 0 Å². The highest BCUT2D eigenvalue weighted by Gasteiger charge is 2.27. The molecule has 4 heteroatoms. The average molecular weight is 296 g/mol. The maximum atomic E-state index is 5.39. The average Bonchev–Trinajstić information content (AvgIpc) is 3.16. The Bertz CT molecular complexity index is 875. The van der Waals surface area contributed by atoms with Gasteiger partial charge in [0.15, 0.2) is 4.96 Å². The fraction of sp³-hybridized carbons (Fsp3) is 0.353. The smallest absolute Gasteiger partial charge is 0.194 e. The molecular weight excluding hydrogens is 280 g/mol. The van der Waals surface area contributed by atoms with E-state index in [0.717, 1.165) is 18.6 Å². The van der Waals surface area contributed by atoms with E-state index >= 15 is 0 Å². The van der Waals surface area contributed by atoms with Gasteiger partial charge in [-0.15, -0.1) is 11.3 Å². The van der Waals surface area contributed by atoms with Crippen molar-refractivity contribution in [1.82, 2.24) is 9.38 Å². The minimum Gasteiger partial charge on any atom is -0.497 e. The lowest BCUT2D eigenvalue weighted by molar-refractivity contribution is 0.415. The summed E-state index contributed by atoms with van der Waals surface area (Å²) in [5, 5.41) is 0. The molecule has 1 aromatic carbocycles. The Morgan fingerprint density at radius 3 is 3.00 bits per heavy atom. The maximum absolute atomic E-state index is 5.39. The zero-order chi connectivity index (χ0) is 14.0. The van der Waals surface area contributed by atoms with Gasteiger partial charge in [0.25, 0.3) is 0 Å². The normalized spacial score (nSPS) is 15.9. The molecule has 5 rings (SSSR count). The van der Waals surface area contributed by atoms with Crippen LogP contribution in [0.1, 0.15) is 28.2 Å². The first-order valence-corrected chi connectivity index (χ1v) is 8.36. The quantitative estimate of drug-likeness (QED) is 0.685. The van der Waals surface area contributed by atoms with Gasteiger partial charge < -0.3 is 4.74 Å². The third kappa shape index (κ3) is 1.51. The molecule has 0 saturated heterocycles. The SMILES string of the molecule is COc1ccc2c(c1)-c1nc3sc4c(n3c1CC2)CCC4. The third-order valence-corrected chi connectivity index (χ3v) is 5.91. The van der Waals surface area contributed by atoms with E-state index < -0.39 is 0 Å². The monoisotopic (exact) mass is 296 g/mol. The Kier molecular flexibility index (Phi) is 2.31. The number of hydrogen-bond acceptors (Lipinski definition) is 3. The molecule has 0 unspecified atom stereocenters. The molecule has 0 atom stereocenters. The second-order valence-electron chi connectivity index (χ2n) is 5.87. The zero-order valence-electron chi connectivity index (χ0n) is 12.0. The van der Waals surface area contributed by atoms with Gasteiger partial charge in [-0.25, -0.2) is 4.98 Å². The number of rotatable bonds is 1. The molecule has 0 aliphatic heterocycles. The molecule has 0 fully saturated rings. The molecule has 2 aromatic heterocycles. The minimum absolute atomic E-state index is 0.920. The van der Waals surface area contributed by atoms with E-state index in [-0.39, 0.29) is 0 Å². The maximum Gasteiger partial charge on any atom is 0.194 e. The molecule has 21 heavy (non-hydrogen) atoms. The predicted molar refractivity (Wildman–Crippen MR) is 84.5 cm³/mol. The molecule has 2 aliphatic carbocycles. The van der Waals surface area contributed by atoms with E-state index in [1.54, 1.807) is 12.0 Å². The van der Waals surface area contributed by atoms with Gasteiger partial charge in [0, 0.05) is 16.1 Å². The van der Waals surface area contributed by atoms with Crippen LogP contribution in [0, 0.1) is 0 Å². The number of benzene rings is 1. The molecule has 0 N–H and O–H groups in total. The molecule has 3 nitrogen and oxygen atoms in total. The van der Waals surface area contributed by atoms with Crippen LogP contribution in [0.15, 0.2) is 18.2 Å². The first-order valence-electron chi connectivity index (χ1n) is 7.54. The first-order chi connectivity index (χ1) is 10.3. The highest BCUT2D eigenvalue weighted by Crippen LogP contribution is 2.40. The van der Waals surface area contributed by atoms with Crippen LogP contribution in [0.25, 0.3) is 16.2 Å². The van der Waals surface area contributed by atoms with Crippen LogP contribution in [0.4, 0.5) is 0 Å². The lowest BCUT2D eigenvalue weighted by Gasteiger charge is -2.17. The van der Waals surface area contributed by atoms with Crippen LogP contribution in [-0.2, 0) is 25.7 Å². The molecule has 0 spiro atoms. The van der Waals surface area contributed by atoms with Crippen LogP contribution in [-0.4, -0.2) is 16.5 Å². The molecular formula is C17H16N2OS. The summed E-state index contributed by atoms with van der Waals surface area (Å²) >= 11 is 1.89. The van der Waals surface area contributed by atoms with Crippen molar-refractivity contribution in [1.29, 1.82) is 0 Å². The minimum atomic E-state index is 0.920. The summed E-state index contributed by atoms with van der Waals surface area (Å²) in [6.45, 7) is 0. The Hall–Kier alpha value is -1.81. The molecule has 0 bridgehead atoms. The molecule has 2 aliphatic rings. The van der Waals surface area contributed by atoms with Gasteiger partial charge in [0.2, 0.25) is 0 Å². The summed E-state index contributed by atoms with van der Waals surface area (Å²) in [5.74, 6) is 0.920. The van der Waals surface area contributed by atoms with Crippen molar-refractivity contribution in [2.75, 3.05) is 7.11 Å². The van der Waals surface area contributed by atoms with Crippen LogP contribution in [0.2, 0.25) is 0 Å². The fourth-order valence-corrected chi connectivity index (χ4v) is 4.98. The van der Waals surface area contributed by atoms with Gasteiger partial charge in [-0.05, 0) is 49.8 Å². The predicted octanol–water partition coefficient (Wildman–Crippen LogP) is 3.66. The van der Waals surface area contributed by atoms with Gasteiger partial charge >= 0.3 is 0 Å². The summed E-state index contributed by atoms with van der Waals surface area (Å²) in [6.07, 6.45) is 5.95. The number of fused-ring (bicyclic) bond motifs is 7. The molecule has 0 radical (unpaired) electrons. The molecule has 106 valence electrons. The van der Waals surface area contributed by atoms with Crippen molar-refractivity contribution in [2.24, 2.45) is 0 Å². The van der Waals surface area contributed by atoms with E-state index in [1.165, 1.54) is 52.4 Å². The topological polar surface area (TPSA) is 26.5 Å². The molecule has 3 aromatic rings. The Morgan fingerprint density at radius 2 is 2.10 bits per heavy atom. The third-order valence-electron chi connectivity index (χ3n) is 4.77. The summed E-state index contributed by atoms with van der Waals surface area (Å²) < 4.78 is 7.84. The second kappa shape index (κ2) is 4.10. The Labute approximate surface area is 127 Å². The van der Waals surface area contributed by atoms with Gasteiger partial charge in [0.05, 0.1) is 18.5 Å². The number of aromatic nitrogens is 2. The van der Waals surface area contributed by atoms with E-state index in [4.69, 9.17) is 9.72 Å². The molecule has 0 amide bonds. The number of imidazole rings is 1. The van der Waals surface area contributed by atoms with E-state index in [1.807, 2.05) is 11.3 Å². The standard InChI is InChI=1S/C17H16N2OS/c1-20-11-7-5-10-6-8-14-16(12(10)9-11)18-17-19(14)13-3-2-4-15(13)21-17/h5,7,9H,2-4,6,8H2,1H3. The summed E-state index contributed by atoms with van der Waals surface area (Å²) in [4.78, 5) is 7.69. The van der Waals surface area contributed by atoms with E-state index in [2.05, 4.69) is 22.6 Å². The number of nitrogens with zero attached hydrogens (tertiary/aromatic N) is 2. The van der Waals surface area contributed by atoms with Crippen LogP contribution < -0.4 is 4.74 Å². The van der Waals surface area contributed by atoms with E-state index in [0.29, 0.717) is 0 Å². The summed E-state index contributed by atoms with van der Waals surface area (Å²) in [6, 6.07) is 6.39. The number of hydrogen-bond donors (Lipinski definition) is 0. The van der Waals surface area contributed by atoms with Gasteiger partial charge in [-0.2, -0.15) is 0 Å². The van der Waals surface area contributed by atoms with Gasteiger partial charge in [0.1, 0.15) is 5.75 Å². The number of aryl methyl sites for hydroxylation is 4. The largest absolute Gasteiger partial charge is 0.497 e. The Balaban J connectivity index is 1.80. The van der Waals surface area contributed by atoms with Gasteiger partial charge in [-0.1, -0.05) is 6.07 Å². The molecule has 2 heterocycles. The van der Waals surface area contributed by atoms with Crippen LogP contribution >= 0.6 is 11.3 Å². The molecule has 0 saturated carbocycles. The fourth-order valence-electron chi connectivity index (χ4n) is 3.76. The summed E-state index contributed by atoms with van der Waals surface area (Å²) in [7, 11) is 1.73. The van der Waals surface area contributed by atoms with Crippen molar-refractivity contribution < 1.29 is 4.74 Å². The lowest BCUT2D eigenvalue weighted by Crippen LogP contribution is -2.06. The number of methoxy groups -OCH3 is 1. The number of ether oxygens (including phenoxy) is 1. The first kappa shape index (κ1) is 11.8. The van der Waals surface area contributed by atoms with Crippen LogP contribution in [0.5, 0.6) is 5.75 Å². The Morgan fingerprint density at radius 1 is 1.14 bits per heavy atom. The lowest BCUT2D eigenvalue weighted by atomic mass is 9.92. The highest BCUT2D eigenvalue weighted by molar-refractivity contribution is 7.17. The van der Waals surface area contributed by atoms with Crippen LogP contribution in [0.3, 0.4) is 0 Å².